The molecule has 3 atom stereocenters. The first-order chi connectivity index (χ1) is 14.6. The van der Waals surface area contributed by atoms with Crippen molar-refractivity contribution < 1.29 is 9.32 Å². The van der Waals surface area contributed by atoms with Gasteiger partial charge in [-0.3, -0.25) is 9.69 Å². The molecule has 0 spiro atoms. The lowest BCUT2D eigenvalue weighted by Crippen LogP contribution is -2.35. The molecule has 2 aliphatic heterocycles. The third kappa shape index (κ3) is 3.35. The van der Waals surface area contributed by atoms with Gasteiger partial charge in [-0.05, 0) is 24.5 Å². The van der Waals surface area contributed by atoms with Gasteiger partial charge in [-0.2, -0.15) is 0 Å². The number of aryl methyl sites for hydroxylation is 1. The zero-order valence-electron chi connectivity index (χ0n) is 16.9. The zero-order chi connectivity index (χ0) is 20.7. The Morgan fingerprint density at radius 3 is 2.73 bits per heavy atom. The second kappa shape index (κ2) is 7.57. The fraction of sp³-hybridized carbons (Fsp3) is 0.348. The van der Waals surface area contributed by atoms with Crippen LogP contribution in [-0.4, -0.2) is 45.5 Å². The number of pyridine rings is 1. The molecular formula is C23H25N5O2. The highest BCUT2D eigenvalue weighted by Gasteiger charge is 2.49. The van der Waals surface area contributed by atoms with Crippen molar-refractivity contribution in [1.82, 2.24) is 19.9 Å². The minimum absolute atomic E-state index is 0.0188. The second-order valence-corrected chi connectivity index (χ2v) is 8.31. The van der Waals surface area contributed by atoms with E-state index in [1.807, 2.05) is 42.2 Å². The molecule has 30 heavy (non-hydrogen) atoms. The standard InChI is InChI=1S/C23H25N5O2/c1-15-10-20(30-26-15)23(29)28-13-18-12-27(11-17-8-5-9-25-22(17)24)14-19(18)21(28)16-6-3-2-4-7-16/h2-10,18-19,21H,11-14H2,1H3,(H2,24,25)/t18-,19-,21+/m0/s1. The number of hydrogen-bond acceptors (Lipinski definition) is 6. The van der Waals surface area contributed by atoms with Gasteiger partial charge in [0.15, 0.2) is 0 Å². The van der Waals surface area contributed by atoms with E-state index >= 15 is 0 Å². The van der Waals surface area contributed by atoms with E-state index in [1.54, 1.807) is 12.3 Å². The van der Waals surface area contributed by atoms with Crippen LogP contribution in [0, 0.1) is 18.8 Å². The van der Waals surface area contributed by atoms with Crippen molar-refractivity contribution in [1.29, 1.82) is 0 Å². The lowest BCUT2D eigenvalue weighted by molar-refractivity contribution is 0.0657. The molecule has 4 heterocycles. The van der Waals surface area contributed by atoms with Crippen LogP contribution in [0.1, 0.15) is 33.4 Å². The van der Waals surface area contributed by atoms with Gasteiger partial charge in [0.25, 0.3) is 5.91 Å². The van der Waals surface area contributed by atoms with Crippen molar-refractivity contribution in [3.05, 3.63) is 77.3 Å². The molecule has 0 saturated carbocycles. The van der Waals surface area contributed by atoms with Gasteiger partial charge in [-0.1, -0.05) is 41.6 Å². The lowest BCUT2D eigenvalue weighted by atomic mass is 9.89. The normalized spacial score (nSPS) is 23.6. The lowest BCUT2D eigenvalue weighted by Gasteiger charge is -2.29. The molecule has 2 saturated heterocycles. The van der Waals surface area contributed by atoms with Gasteiger partial charge in [0.1, 0.15) is 5.82 Å². The Morgan fingerprint density at radius 1 is 1.17 bits per heavy atom. The van der Waals surface area contributed by atoms with Crippen LogP contribution in [0.5, 0.6) is 0 Å². The maximum Gasteiger partial charge on any atom is 0.293 e. The van der Waals surface area contributed by atoms with Gasteiger partial charge >= 0.3 is 0 Å². The summed E-state index contributed by atoms with van der Waals surface area (Å²) >= 11 is 0. The zero-order valence-corrected chi connectivity index (χ0v) is 16.9. The fourth-order valence-corrected chi connectivity index (χ4v) is 4.98. The van der Waals surface area contributed by atoms with E-state index in [0.717, 1.165) is 30.8 Å². The van der Waals surface area contributed by atoms with Gasteiger partial charge in [-0.15, -0.1) is 0 Å². The van der Waals surface area contributed by atoms with Crippen LogP contribution in [0.4, 0.5) is 5.82 Å². The number of carbonyl (C=O) groups excluding carboxylic acids is 1. The van der Waals surface area contributed by atoms with E-state index in [9.17, 15) is 4.79 Å². The van der Waals surface area contributed by atoms with Crippen LogP contribution in [0.25, 0.3) is 0 Å². The van der Waals surface area contributed by atoms with Gasteiger partial charge in [0.05, 0.1) is 11.7 Å². The Morgan fingerprint density at radius 2 is 2.00 bits per heavy atom. The van der Waals surface area contributed by atoms with Crippen LogP contribution >= 0.6 is 0 Å². The number of fused-ring (bicyclic) bond motifs is 1. The van der Waals surface area contributed by atoms with Gasteiger partial charge in [-0.25, -0.2) is 4.98 Å². The first-order valence-corrected chi connectivity index (χ1v) is 10.3. The monoisotopic (exact) mass is 403 g/mol. The summed E-state index contributed by atoms with van der Waals surface area (Å²) < 4.78 is 5.29. The molecule has 2 aromatic heterocycles. The molecule has 154 valence electrons. The number of rotatable bonds is 4. The molecule has 0 bridgehead atoms. The van der Waals surface area contributed by atoms with E-state index in [-0.39, 0.29) is 11.9 Å². The van der Waals surface area contributed by atoms with Crippen LogP contribution in [0.3, 0.4) is 0 Å². The van der Waals surface area contributed by atoms with E-state index in [4.69, 9.17) is 10.3 Å². The van der Waals surface area contributed by atoms with Crippen molar-refractivity contribution in [3.8, 4) is 0 Å². The number of likely N-dealkylation sites (tertiary alicyclic amines) is 2. The largest absolute Gasteiger partial charge is 0.383 e. The molecule has 0 unspecified atom stereocenters. The fourth-order valence-electron chi connectivity index (χ4n) is 4.98. The highest BCUT2D eigenvalue weighted by molar-refractivity contribution is 5.92. The van der Waals surface area contributed by atoms with Gasteiger partial charge in [0.2, 0.25) is 5.76 Å². The Labute approximate surface area is 175 Å². The summed E-state index contributed by atoms with van der Waals surface area (Å²) in [5.41, 5.74) is 8.99. The van der Waals surface area contributed by atoms with Crippen molar-refractivity contribution >= 4 is 11.7 Å². The number of hydrogen-bond donors (Lipinski definition) is 1. The summed E-state index contributed by atoms with van der Waals surface area (Å²) in [7, 11) is 0. The van der Waals surface area contributed by atoms with E-state index in [0.29, 0.717) is 35.7 Å². The Hall–Kier alpha value is -3.19. The van der Waals surface area contributed by atoms with Gasteiger partial charge in [0, 0.05) is 49.9 Å². The molecule has 2 fully saturated rings. The molecule has 0 aliphatic carbocycles. The third-order valence-electron chi connectivity index (χ3n) is 6.30. The third-order valence-corrected chi connectivity index (χ3v) is 6.30. The topological polar surface area (TPSA) is 88.5 Å². The molecule has 7 nitrogen and oxygen atoms in total. The Bertz CT molecular complexity index is 1050. The SMILES string of the molecule is Cc1cc(C(=O)N2C[C@@H]3CN(Cc4cccnc4N)C[C@@H]3[C@H]2c2ccccc2)on1. The first kappa shape index (κ1) is 18.8. The predicted molar refractivity (Wildman–Crippen MR) is 112 cm³/mol. The number of nitrogen functional groups attached to an aromatic ring is 1. The molecule has 3 aromatic rings. The van der Waals surface area contributed by atoms with E-state index in [2.05, 4.69) is 27.2 Å². The average molecular weight is 403 g/mol. The van der Waals surface area contributed by atoms with Crippen molar-refractivity contribution in [2.45, 2.75) is 19.5 Å². The number of amides is 1. The van der Waals surface area contributed by atoms with Crippen LogP contribution in [-0.2, 0) is 6.54 Å². The number of anilines is 1. The molecule has 7 heteroatoms. The van der Waals surface area contributed by atoms with Crippen LogP contribution in [0.2, 0.25) is 0 Å². The second-order valence-electron chi connectivity index (χ2n) is 8.31. The molecule has 1 aromatic carbocycles. The summed E-state index contributed by atoms with van der Waals surface area (Å²) in [4.78, 5) is 21.9. The number of aromatic nitrogens is 2. The maximum absolute atomic E-state index is 13.2. The van der Waals surface area contributed by atoms with Gasteiger partial charge < -0.3 is 15.2 Å². The van der Waals surface area contributed by atoms with E-state index in [1.165, 1.54) is 0 Å². The predicted octanol–water partition coefficient (Wildman–Crippen LogP) is 2.91. The van der Waals surface area contributed by atoms with Crippen LogP contribution in [0.15, 0.2) is 59.3 Å². The van der Waals surface area contributed by atoms with Crippen LogP contribution < -0.4 is 5.73 Å². The number of nitrogens with zero attached hydrogens (tertiary/aromatic N) is 4. The van der Waals surface area contributed by atoms with Crippen molar-refractivity contribution in [2.75, 3.05) is 25.4 Å². The number of nitrogens with two attached hydrogens (primary N) is 1. The average Bonchev–Trinajstić information content (AvgIpc) is 3.44. The van der Waals surface area contributed by atoms with Crippen molar-refractivity contribution in [2.24, 2.45) is 11.8 Å². The highest BCUT2D eigenvalue weighted by atomic mass is 16.5. The number of carbonyl (C=O) groups is 1. The summed E-state index contributed by atoms with van der Waals surface area (Å²) in [6.07, 6.45) is 1.72. The molecule has 2 aliphatic rings. The minimum atomic E-state index is -0.0816. The summed E-state index contributed by atoms with van der Waals surface area (Å²) in [6.45, 7) is 5.17. The molecule has 5 rings (SSSR count). The minimum Gasteiger partial charge on any atom is -0.383 e. The summed E-state index contributed by atoms with van der Waals surface area (Å²) in [5.74, 6) is 1.58. The molecule has 2 N–H and O–H groups in total. The molecule has 1 amide bonds. The first-order valence-electron chi connectivity index (χ1n) is 10.3. The van der Waals surface area contributed by atoms with E-state index < -0.39 is 0 Å². The Balaban J connectivity index is 1.40. The van der Waals surface area contributed by atoms with Crippen molar-refractivity contribution in [3.63, 3.8) is 0 Å². The molecule has 0 radical (unpaired) electrons. The highest BCUT2D eigenvalue weighted by Crippen LogP contribution is 2.45. The summed E-state index contributed by atoms with van der Waals surface area (Å²) in [6, 6.07) is 16.0. The molecular weight excluding hydrogens is 378 g/mol. The Kier molecular flexibility index (Phi) is 4.75. The maximum atomic E-state index is 13.2. The quantitative estimate of drug-likeness (QED) is 0.721. The smallest absolute Gasteiger partial charge is 0.293 e. The number of benzene rings is 1. The summed E-state index contributed by atoms with van der Waals surface area (Å²) in [5, 5.41) is 3.90.